The Morgan fingerprint density at radius 3 is 2.70 bits per heavy atom. The van der Waals surface area contributed by atoms with Gasteiger partial charge in [0.05, 0.1) is 16.7 Å². The highest BCUT2D eigenvalue weighted by Crippen LogP contribution is 2.29. The predicted molar refractivity (Wildman–Crippen MR) is 128 cm³/mol. The molecule has 4 aromatic rings. The second-order valence-corrected chi connectivity index (χ2v) is 8.00. The highest BCUT2D eigenvalue weighted by Gasteiger charge is 2.17. The van der Waals surface area contributed by atoms with Crippen molar-refractivity contribution in [1.82, 2.24) is 14.5 Å². The van der Waals surface area contributed by atoms with Crippen LogP contribution in [0.15, 0.2) is 42.5 Å². The number of anilines is 2. The summed E-state index contributed by atoms with van der Waals surface area (Å²) in [7, 11) is 0. The minimum atomic E-state index is -0.509. The maximum absolute atomic E-state index is 13.3. The second kappa shape index (κ2) is 9.95. The Bertz CT molecular complexity index is 1300. The van der Waals surface area contributed by atoms with E-state index in [0.717, 1.165) is 48.1 Å². The first kappa shape index (κ1) is 22.7. The van der Waals surface area contributed by atoms with Crippen molar-refractivity contribution in [3.63, 3.8) is 0 Å². The second-order valence-electron chi connectivity index (χ2n) is 8.00. The van der Waals surface area contributed by atoms with E-state index in [4.69, 9.17) is 21.2 Å². The topological polar surface area (TPSA) is 109 Å². The molecule has 0 radical (unpaired) electrons. The Labute approximate surface area is 191 Å². The molecule has 4 rings (SSSR count). The summed E-state index contributed by atoms with van der Waals surface area (Å²) in [6.45, 7) is 3.66. The minimum absolute atomic E-state index is 0.00403. The Kier molecular flexibility index (Phi) is 6.84. The maximum Gasteiger partial charge on any atom is 0.162 e. The smallest absolute Gasteiger partial charge is 0.162 e. The van der Waals surface area contributed by atoms with Gasteiger partial charge in [0.1, 0.15) is 23.8 Å². The number of imidazole rings is 1. The lowest BCUT2D eigenvalue weighted by molar-refractivity contribution is 0.0979. The summed E-state index contributed by atoms with van der Waals surface area (Å²) in [5, 5.41) is 1.00. The highest BCUT2D eigenvalue weighted by molar-refractivity contribution is 6.06. The standard InChI is InChI=1S/C25H28FN5O2/c1-2-33-15-22-30-23-24(17-8-5-6-9-20(17)29-25(23)28)31(22)13-7-3-4-10-21(32)16-11-12-18(26)19(27)14-16/h5-6,8-9,11-12,14H,2-4,7,10,13,15,27H2,1H3,(H2,28,29). The molecule has 0 fully saturated rings. The van der Waals surface area contributed by atoms with Gasteiger partial charge in [0.2, 0.25) is 0 Å². The molecule has 0 spiro atoms. The van der Waals surface area contributed by atoms with Crippen molar-refractivity contribution in [1.29, 1.82) is 0 Å². The molecule has 0 bridgehead atoms. The van der Waals surface area contributed by atoms with E-state index in [1.54, 1.807) is 0 Å². The number of ketones is 1. The van der Waals surface area contributed by atoms with Gasteiger partial charge >= 0.3 is 0 Å². The van der Waals surface area contributed by atoms with Gasteiger partial charge in [0, 0.05) is 30.5 Å². The molecule has 7 nitrogen and oxygen atoms in total. The number of nitrogens with two attached hydrogens (primary N) is 2. The normalized spacial score (nSPS) is 11.5. The summed E-state index contributed by atoms with van der Waals surface area (Å²) in [5.74, 6) is 0.681. The van der Waals surface area contributed by atoms with E-state index < -0.39 is 5.82 Å². The van der Waals surface area contributed by atoms with E-state index in [9.17, 15) is 9.18 Å². The van der Waals surface area contributed by atoms with Crippen molar-refractivity contribution in [3.05, 3.63) is 59.7 Å². The zero-order valence-corrected chi connectivity index (χ0v) is 18.7. The van der Waals surface area contributed by atoms with Crippen molar-refractivity contribution >= 4 is 39.2 Å². The number of para-hydroxylation sites is 1. The van der Waals surface area contributed by atoms with Crippen LogP contribution in [0.25, 0.3) is 21.9 Å². The molecule has 33 heavy (non-hydrogen) atoms. The first-order valence-electron chi connectivity index (χ1n) is 11.2. The predicted octanol–water partition coefficient (Wildman–Crippen LogP) is 4.87. The minimum Gasteiger partial charge on any atom is -0.396 e. The maximum atomic E-state index is 13.3. The molecule has 8 heteroatoms. The van der Waals surface area contributed by atoms with Crippen molar-refractivity contribution in [3.8, 4) is 0 Å². The lowest BCUT2D eigenvalue weighted by Crippen LogP contribution is -2.07. The van der Waals surface area contributed by atoms with E-state index in [0.29, 0.717) is 36.5 Å². The highest BCUT2D eigenvalue weighted by atomic mass is 19.1. The molecular formula is C25H28FN5O2. The van der Waals surface area contributed by atoms with Gasteiger partial charge in [0.25, 0.3) is 0 Å². The number of carbonyl (C=O) groups is 1. The van der Waals surface area contributed by atoms with Gasteiger partial charge in [-0.25, -0.2) is 14.4 Å². The average molecular weight is 450 g/mol. The van der Waals surface area contributed by atoms with Gasteiger partial charge in [-0.15, -0.1) is 0 Å². The van der Waals surface area contributed by atoms with Crippen LogP contribution < -0.4 is 11.5 Å². The van der Waals surface area contributed by atoms with Crippen LogP contribution in [-0.4, -0.2) is 26.9 Å². The van der Waals surface area contributed by atoms with Crippen LogP contribution in [0.5, 0.6) is 0 Å². The van der Waals surface area contributed by atoms with Crippen molar-refractivity contribution in [2.75, 3.05) is 18.1 Å². The number of aromatic nitrogens is 3. The number of nitrogen functional groups attached to an aromatic ring is 2. The van der Waals surface area contributed by atoms with E-state index in [-0.39, 0.29) is 11.5 Å². The number of rotatable bonds is 10. The molecule has 2 aromatic heterocycles. The van der Waals surface area contributed by atoms with Crippen LogP contribution in [0, 0.1) is 5.82 Å². The zero-order chi connectivity index (χ0) is 23.4. The number of Topliss-reactive ketones (excluding diaryl/α,β-unsaturated/α-hetero) is 1. The Morgan fingerprint density at radius 2 is 1.91 bits per heavy atom. The molecular weight excluding hydrogens is 421 g/mol. The average Bonchev–Trinajstić information content (AvgIpc) is 3.18. The summed E-state index contributed by atoms with van der Waals surface area (Å²) in [6.07, 6.45) is 2.84. The quantitative estimate of drug-likeness (QED) is 0.203. The molecule has 0 saturated heterocycles. The summed E-state index contributed by atoms with van der Waals surface area (Å²) >= 11 is 0. The number of pyridine rings is 1. The Morgan fingerprint density at radius 1 is 1.09 bits per heavy atom. The summed E-state index contributed by atoms with van der Waals surface area (Å²) in [5.41, 5.74) is 14.7. The number of benzene rings is 2. The van der Waals surface area contributed by atoms with Crippen LogP contribution in [0.3, 0.4) is 0 Å². The van der Waals surface area contributed by atoms with Gasteiger partial charge in [0.15, 0.2) is 11.6 Å². The molecule has 0 aliphatic carbocycles. The van der Waals surface area contributed by atoms with Gasteiger partial charge in [-0.1, -0.05) is 24.6 Å². The number of aryl methyl sites for hydroxylation is 1. The monoisotopic (exact) mass is 449 g/mol. The zero-order valence-electron chi connectivity index (χ0n) is 18.7. The number of ether oxygens (including phenoxy) is 1. The number of hydrogen-bond acceptors (Lipinski definition) is 6. The van der Waals surface area contributed by atoms with E-state index in [1.165, 1.54) is 18.2 Å². The van der Waals surface area contributed by atoms with Gasteiger partial charge in [-0.2, -0.15) is 0 Å². The third-order valence-corrected chi connectivity index (χ3v) is 5.73. The fourth-order valence-corrected chi connectivity index (χ4v) is 4.04. The number of fused-ring (bicyclic) bond motifs is 3. The van der Waals surface area contributed by atoms with Crippen LogP contribution in [0.1, 0.15) is 48.8 Å². The fourth-order valence-electron chi connectivity index (χ4n) is 4.04. The van der Waals surface area contributed by atoms with Gasteiger partial charge < -0.3 is 20.8 Å². The van der Waals surface area contributed by atoms with Crippen molar-refractivity contribution < 1.29 is 13.9 Å². The fraction of sp³-hybridized carbons (Fsp3) is 0.320. The molecule has 0 aliphatic rings. The number of halogens is 1. The summed E-state index contributed by atoms with van der Waals surface area (Å²) in [4.78, 5) is 21.6. The van der Waals surface area contributed by atoms with Crippen molar-refractivity contribution in [2.24, 2.45) is 0 Å². The first-order chi connectivity index (χ1) is 16.0. The van der Waals surface area contributed by atoms with Crippen LogP contribution >= 0.6 is 0 Å². The number of unbranched alkanes of at least 4 members (excludes halogenated alkanes) is 2. The lowest BCUT2D eigenvalue weighted by Gasteiger charge is -2.11. The first-order valence-corrected chi connectivity index (χ1v) is 11.2. The largest absolute Gasteiger partial charge is 0.396 e. The van der Waals surface area contributed by atoms with Gasteiger partial charge in [-0.3, -0.25) is 4.79 Å². The van der Waals surface area contributed by atoms with Gasteiger partial charge in [-0.05, 0) is 44.0 Å². The molecule has 2 aromatic carbocycles. The summed E-state index contributed by atoms with van der Waals surface area (Å²) in [6, 6.07) is 12.0. The lowest BCUT2D eigenvalue weighted by atomic mass is 10.0. The molecule has 4 N–H and O–H groups in total. The molecule has 0 unspecified atom stereocenters. The number of hydrogen-bond donors (Lipinski definition) is 2. The summed E-state index contributed by atoms with van der Waals surface area (Å²) < 4.78 is 21.1. The Hall–Kier alpha value is -3.52. The molecule has 0 saturated carbocycles. The molecule has 172 valence electrons. The van der Waals surface area contributed by atoms with Crippen LogP contribution in [0.2, 0.25) is 0 Å². The third-order valence-electron chi connectivity index (χ3n) is 5.73. The van der Waals surface area contributed by atoms with Crippen LogP contribution in [-0.2, 0) is 17.9 Å². The SMILES string of the molecule is CCOCc1nc2c(N)nc3ccccc3c2n1CCCCCC(=O)c1ccc(F)c(N)c1. The Balaban J connectivity index is 1.48. The molecule has 0 atom stereocenters. The third kappa shape index (κ3) is 4.80. The molecule has 0 aliphatic heterocycles. The number of nitrogens with zero attached hydrogens (tertiary/aromatic N) is 3. The van der Waals surface area contributed by atoms with E-state index >= 15 is 0 Å². The van der Waals surface area contributed by atoms with E-state index in [1.807, 2.05) is 31.2 Å². The van der Waals surface area contributed by atoms with Crippen LogP contribution in [0.4, 0.5) is 15.9 Å². The molecule has 0 amide bonds. The van der Waals surface area contributed by atoms with Crippen molar-refractivity contribution in [2.45, 2.75) is 45.8 Å². The molecule has 2 heterocycles. The number of carbonyl (C=O) groups excluding carboxylic acids is 1. The van der Waals surface area contributed by atoms with E-state index in [2.05, 4.69) is 9.55 Å².